The van der Waals surface area contributed by atoms with Gasteiger partial charge in [0, 0.05) is 12.0 Å². The molecule has 2 N–H and O–H groups in total. The highest BCUT2D eigenvalue weighted by atomic mass is 32.1. The molecule has 1 saturated heterocycles. The van der Waals surface area contributed by atoms with Crippen LogP contribution in [0.15, 0.2) is 5.38 Å². The minimum Gasteiger partial charge on any atom is -0.376 e. The van der Waals surface area contributed by atoms with Gasteiger partial charge in [-0.2, -0.15) is 0 Å². The molecular formula is C12H19N3O2S. The van der Waals surface area contributed by atoms with Crippen LogP contribution in [0.4, 0.5) is 9.93 Å². The van der Waals surface area contributed by atoms with Gasteiger partial charge in [-0.25, -0.2) is 9.78 Å². The highest BCUT2D eigenvalue weighted by Gasteiger charge is 2.23. The summed E-state index contributed by atoms with van der Waals surface area (Å²) in [5.41, 5.74) is 1.00. The number of rotatable bonds is 4. The van der Waals surface area contributed by atoms with Crippen LogP contribution in [0, 0.1) is 0 Å². The number of amides is 2. The van der Waals surface area contributed by atoms with E-state index in [-0.39, 0.29) is 18.2 Å². The monoisotopic (exact) mass is 269 g/mol. The Bertz CT molecular complexity index is 402. The van der Waals surface area contributed by atoms with Gasteiger partial charge in [-0.15, -0.1) is 11.3 Å². The maximum atomic E-state index is 11.8. The van der Waals surface area contributed by atoms with Crippen LogP contribution in [0.1, 0.15) is 32.4 Å². The standard InChI is InChI=1S/C12H19N3O2S/c1-3-9-7-18-12(14-9)15-11(16)13-8(2)10-5-4-6-17-10/h7-8,10H,3-6H2,1-2H3,(H2,13,14,15,16)/t8-,10-/m1/s1. The van der Waals surface area contributed by atoms with Gasteiger partial charge >= 0.3 is 6.03 Å². The van der Waals surface area contributed by atoms with Crippen LogP contribution in [-0.4, -0.2) is 29.8 Å². The average molecular weight is 269 g/mol. The number of nitrogens with one attached hydrogen (secondary N) is 2. The minimum atomic E-state index is -0.213. The number of anilines is 1. The number of carbonyl (C=O) groups is 1. The van der Waals surface area contributed by atoms with Gasteiger partial charge < -0.3 is 10.1 Å². The van der Waals surface area contributed by atoms with Crippen LogP contribution < -0.4 is 10.6 Å². The van der Waals surface area contributed by atoms with E-state index in [1.165, 1.54) is 11.3 Å². The molecule has 2 heterocycles. The molecule has 0 aromatic carbocycles. The molecule has 0 radical (unpaired) electrons. The summed E-state index contributed by atoms with van der Waals surface area (Å²) < 4.78 is 5.53. The van der Waals surface area contributed by atoms with Gasteiger partial charge in [0.25, 0.3) is 0 Å². The summed E-state index contributed by atoms with van der Waals surface area (Å²) in [5.74, 6) is 0. The first-order valence-corrected chi connectivity index (χ1v) is 7.20. The van der Waals surface area contributed by atoms with Crippen molar-refractivity contribution in [2.24, 2.45) is 0 Å². The first-order chi connectivity index (χ1) is 8.69. The Balaban J connectivity index is 1.80. The third-order valence-electron chi connectivity index (χ3n) is 3.02. The lowest BCUT2D eigenvalue weighted by atomic mass is 10.1. The van der Waals surface area contributed by atoms with Gasteiger partial charge in [-0.3, -0.25) is 5.32 Å². The van der Waals surface area contributed by atoms with Crippen molar-refractivity contribution >= 4 is 22.5 Å². The molecule has 18 heavy (non-hydrogen) atoms. The molecule has 100 valence electrons. The zero-order valence-corrected chi connectivity index (χ0v) is 11.5. The SMILES string of the molecule is CCc1csc(NC(=O)N[C@H](C)[C@H]2CCCO2)n1. The molecule has 2 rings (SSSR count). The number of aryl methyl sites for hydroxylation is 1. The molecular weight excluding hydrogens is 250 g/mol. The maximum Gasteiger partial charge on any atom is 0.321 e. The van der Waals surface area contributed by atoms with E-state index in [0.29, 0.717) is 5.13 Å². The Morgan fingerprint density at radius 1 is 1.72 bits per heavy atom. The molecule has 1 fully saturated rings. The van der Waals surface area contributed by atoms with Gasteiger partial charge in [-0.05, 0) is 26.2 Å². The number of urea groups is 1. The Morgan fingerprint density at radius 3 is 3.17 bits per heavy atom. The molecule has 2 amide bonds. The van der Waals surface area contributed by atoms with E-state index >= 15 is 0 Å². The van der Waals surface area contributed by atoms with Crippen molar-refractivity contribution in [3.05, 3.63) is 11.1 Å². The zero-order valence-electron chi connectivity index (χ0n) is 10.7. The summed E-state index contributed by atoms with van der Waals surface area (Å²) in [6.45, 7) is 4.80. The Kier molecular flexibility index (Phi) is 4.54. The van der Waals surface area contributed by atoms with Gasteiger partial charge in [0.05, 0.1) is 17.8 Å². The lowest BCUT2D eigenvalue weighted by molar-refractivity contribution is 0.0868. The van der Waals surface area contributed by atoms with Crippen molar-refractivity contribution in [2.45, 2.75) is 45.3 Å². The molecule has 6 heteroatoms. The van der Waals surface area contributed by atoms with Crippen molar-refractivity contribution in [3.8, 4) is 0 Å². The number of hydrogen-bond acceptors (Lipinski definition) is 4. The van der Waals surface area contributed by atoms with Crippen LogP contribution in [0.5, 0.6) is 0 Å². The zero-order chi connectivity index (χ0) is 13.0. The summed E-state index contributed by atoms with van der Waals surface area (Å²) in [6.07, 6.45) is 3.10. The van der Waals surface area contributed by atoms with Crippen molar-refractivity contribution in [1.82, 2.24) is 10.3 Å². The average Bonchev–Trinajstić information content (AvgIpc) is 2.98. The third kappa shape index (κ3) is 3.43. The van der Waals surface area contributed by atoms with E-state index in [4.69, 9.17) is 4.74 Å². The molecule has 0 saturated carbocycles. The number of hydrogen-bond donors (Lipinski definition) is 2. The van der Waals surface area contributed by atoms with Crippen LogP contribution >= 0.6 is 11.3 Å². The lowest BCUT2D eigenvalue weighted by Gasteiger charge is -2.19. The number of aromatic nitrogens is 1. The van der Waals surface area contributed by atoms with E-state index < -0.39 is 0 Å². The first kappa shape index (κ1) is 13.3. The summed E-state index contributed by atoms with van der Waals surface area (Å²) in [4.78, 5) is 16.1. The van der Waals surface area contributed by atoms with E-state index in [9.17, 15) is 4.79 Å². The fraction of sp³-hybridized carbons (Fsp3) is 0.667. The summed E-state index contributed by atoms with van der Waals surface area (Å²) in [6, 6.07) is -0.187. The predicted octanol–water partition coefficient (Wildman–Crippen LogP) is 2.39. The summed E-state index contributed by atoms with van der Waals surface area (Å²) in [7, 11) is 0. The van der Waals surface area contributed by atoms with Gasteiger partial charge in [-0.1, -0.05) is 6.92 Å². The number of carbonyl (C=O) groups excluding carboxylic acids is 1. The Labute approximate surface area is 111 Å². The van der Waals surface area contributed by atoms with Gasteiger partial charge in [0.1, 0.15) is 0 Å². The topological polar surface area (TPSA) is 63.2 Å². The fourth-order valence-electron chi connectivity index (χ4n) is 1.96. The van der Waals surface area contributed by atoms with Crippen molar-refractivity contribution in [1.29, 1.82) is 0 Å². The molecule has 2 atom stereocenters. The van der Waals surface area contributed by atoms with Crippen LogP contribution in [-0.2, 0) is 11.2 Å². The van der Waals surface area contributed by atoms with Gasteiger partial charge in [0.15, 0.2) is 5.13 Å². The molecule has 1 aromatic rings. The summed E-state index contributed by atoms with van der Waals surface area (Å²) >= 11 is 1.45. The number of nitrogens with zero attached hydrogens (tertiary/aromatic N) is 1. The molecule has 0 aliphatic carbocycles. The maximum absolute atomic E-state index is 11.8. The van der Waals surface area contributed by atoms with E-state index in [0.717, 1.165) is 31.6 Å². The normalized spacial score (nSPS) is 20.7. The van der Waals surface area contributed by atoms with Gasteiger partial charge in [0.2, 0.25) is 0 Å². The fourth-order valence-corrected chi connectivity index (χ4v) is 2.75. The van der Waals surface area contributed by atoms with Crippen LogP contribution in [0.25, 0.3) is 0 Å². The molecule has 1 aromatic heterocycles. The predicted molar refractivity (Wildman–Crippen MR) is 72.1 cm³/mol. The van der Waals surface area contributed by atoms with Crippen LogP contribution in [0.3, 0.4) is 0 Å². The number of ether oxygens (including phenoxy) is 1. The second-order valence-electron chi connectivity index (χ2n) is 4.44. The Morgan fingerprint density at radius 2 is 2.56 bits per heavy atom. The molecule has 5 nitrogen and oxygen atoms in total. The van der Waals surface area contributed by atoms with Crippen LogP contribution in [0.2, 0.25) is 0 Å². The quantitative estimate of drug-likeness (QED) is 0.882. The minimum absolute atomic E-state index is 0.0260. The molecule has 0 spiro atoms. The molecule has 0 bridgehead atoms. The second kappa shape index (κ2) is 6.15. The Hall–Kier alpha value is -1.14. The van der Waals surface area contributed by atoms with E-state index in [2.05, 4.69) is 15.6 Å². The van der Waals surface area contributed by atoms with Crippen molar-refractivity contribution in [3.63, 3.8) is 0 Å². The molecule has 1 aliphatic rings. The smallest absolute Gasteiger partial charge is 0.321 e. The van der Waals surface area contributed by atoms with Crippen molar-refractivity contribution < 1.29 is 9.53 Å². The number of thiazole rings is 1. The van der Waals surface area contributed by atoms with E-state index in [1.54, 1.807) is 0 Å². The molecule has 0 unspecified atom stereocenters. The molecule has 1 aliphatic heterocycles. The third-order valence-corrected chi connectivity index (χ3v) is 3.82. The largest absolute Gasteiger partial charge is 0.376 e. The second-order valence-corrected chi connectivity index (χ2v) is 5.29. The van der Waals surface area contributed by atoms with E-state index in [1.807, 2.05) is 19.2 Å². The highest BCUT2D eigenvalue weighted by molar-refractivity contribution is 7.13. The van der Waals surface area contributed by atoms with Crippen molar-refractivity contribution in [2.75, 3.05) is 11.9 Å². The summed E-state index contributed by atoms with van der Waals surface area (Å²) in [5, 5.41) is 8.24. The lowest BCUT2D eigenvalue weighted by Crippen LogP contribution is -2.42. The first-order valence-electron chi connectivity index (χ1n) is 6.32. The highest BCUT2D eigenvalue weighted by Crippen LogP contribution is 2.17.